The second-order valence-corrected chi connectivity index (χ2v) is 7.45. The van der Waals surface area contributed by atoms with Crippen LogP contribution in [0.5, 0.6) is 5.75 Å². The van der Waals surface area contributed by atoms with Gasteiger partial charge < -0.3 is 10.1 Å². The van der Waals surface area contributed by atoms with Gasteiger partial charge in [-0.2, -0.15) is 5.26 Å². The molecule has 2 aromatic rings. The zero-order valence-electron chi connectivity index (χ0n) is 13.4. The number of carbonyl (C=O) groups is 1. The summed E-state index contributed by atoms with van der Waals surface area (Å²) in [4.78, 5) is 13.4. The fourth-order valence-corrected chi connectivity index (χ4v) is 4.68. The SMILES string of the molecule is COc1c(Cl)cc(Cl)cc1/C=C/C(=O)Nc1sc2c(c1C#N)CCC2. The number of fused-ring (bicyclic) bond motifs is 1. The molecule has 0 saturated heterocycles. The van der Waals surface area contributed by atoms with Crippen molar-refractivity contribution < 1.29 is 9.53 Å². The second kappa shape index (κ2) is 7.49. The first-order valence-electron chi connectivity index (χ1n) is 7.60. The Morgan fingerprint density at radius 2 is 2.20 bits per heavy atom. The van der Waals surface area contributed by atoms with Gasteiger partial charge in [0.25, 0.3) is 0 Å². The van der Waals surface area contributed by atoms with Gasteiger partial charge in [0, 0.05) is 21.5 Å². The minimum atomic E-state index is -0.324. The molecule has 7 heteroatoms. The van der Waals surface area contributed by atoms with Crippen molar-refractivity contribution >= 4 is 51.5 Å². The molecule has 1 aromatic heterocycles. The largest absolute Gasteiger partial charge is 0.495 e. The molecule has 1 N–H and O–H groups in total. The van der Waals surface area contributed by atoms with E-state index in [1.807, 2.05) is 0 Å². The van der Waals surface area contributed by atoms with E-state index in [0.717, 1.165) is 24.8 Å². The molecule has 128 valence electrons. The van der Waals surface area contributed by atoms with Gasteiger partial charge in [0.2, 0.25) is 5.91 Å². The number of anilines is 1. The van der Waals surface area contributed by atoms with Crippen LogP contribution in [0.1, 0.15) is 28.0 Å². The Hall–Kier alpha value is -2.00. The van der Waals surface area contributed by atoms with Crippen LogP contribution < -0.4 is 10.1 Å². The monoisotopic (exact) mass is 392 g/mol. The highest BCUT2D eigenvalue weighted by Gasteiger charge is 2.22. The summed E-state index contributed by atoms with van der Waals surface area (Å²) in [6, 6.07) is 5.44. The summed E-state index contributed by atoms with van der Waals surface area (Å²) < 4.78 is 5.24. The van der Waals surface area contributed by atoms with Crippen molar-refractivity contribution in [3.05, 3.63) is 49.8 Å². The summed E-state index contributed by atoms with van der Waals surface area (Å²) in [6.07, 6.45) is 5.90. The molecule has 25 heavy (non-hydrogen) atoms. The molecular weight excluding hydrogens is 379 g/mol. The van der Waals surface area contributed by atoms with Crippen LogP contribution in [0.2, 0.25) is 10.0 Å². The lowest BCUT2D eigenvalue weighted by Gasteiger charge is -2.07. The van der Waals surface area contributed by atoms with Crippen LogP contribution in [0.15, 0.2) is 18.2 Å². The molecule has 1 aliphatic rings. The smallest absolute Gasteiger partial charge is 0.249 e. The number of nitrogens with one attached hydrogen (secondary N) is 1. The van der Waals surface area contributed by atoms with Gasteiger partial charge in [0.15, 0.2) is 0 Å². The maximum atomic E-state index is 12.2. The quantitative estimate of drug-likeness (QED) is 0.738. The zero-order chi connectivity index (χ0) is 18.0. The Bertz CT molecular complexity index is 913. The van der Waals surface area contributed by atoms with Gasteiger partial charge in [-0.1, -0.05) is 23.2 Å². The van der Waals surface area contributed by atoms with Gasteiger partial charge >= 0.3 is 0 Å². The maximum Gasteiger partial charge on any atom is 0.249 e. The third-order valence-corrected chi connectivity index (χ3v) is 5.63. The number of hydrogen-bond donors (Lipinski definition) is 1. The summed E-state index contributed by atoms with van der Waals surface area (Å²) in [5, 5.41) is 13.6. The molecular formula is C18H14Cl2N2O2S. The first-order valence-corrected chi connectivity index (χ1v) is 9.17. The Labute approximate surface area is 159 Å². The summed E-state index contributed by atoms with van der Waals surface area (Å²) in [6.45, 7) is 0. The van der Waals surface area contributed by atoms with E-state index in [-0.39, 0.29) is 5.91 Å². The van der Waals surface area contributed by atoms with Gasteiger partial charge in [0.05, 0.1) is 17.7 Å². The Morgan fingerprint density at radius 3 is 2.92 bits per heavy atom. The second-order valence-electron chi connectivity index (χ2n) is 5.51. The van der Waals surface area contributed by atoms with Gasteiger partial charge in [-0.15, -0.1) is 11.3 Å². The van der Waals surface area contributed by atoms with E-state index in [1.165, 1.54) is 29.4 Å². The van der Waals surface area contributed by atoms with Crippen LogP contribution >= 0.6 is 34.5 Å². The van der Waals surface area contributed by atoms with Crippen molar-refractivity contribution in [2.75, 3.05) is 12.4 Å². The molecule has 0 spiro atoms. The first-order chi connectivity index (χ1) is 12.0. The fourth-order valence-electron chi connectivity index (χ4n) is 2.85. The van der Waals surface area contributed by atoms with E-state index in [9.17, 15) is 10.1 Å². The van der Waals surface area contributed by atoms with Crippen LogP contribution in [0.25, 0.3) is 6.08 Å². The highest BCUT2D eigenvalue weighted by atomic mass is 35.5. The molecule has 4 nitrogen and oxygen atoms in total. The molecule has 1 aliphatic carbocycles. The number of ether oxygens (including phenoxy) is 1. The van der Waals surface area contributed by atoms with Crippen LogP contribution in [-0.4, -0.2) is 13.0 Å². The average molecular weight is 393 g/mol. The van der Waals surface area contributed by atoms with Crippen molar-refractivity contribution in [2.45, 2.75) is 19.3 Å². The van der Waals surface area contributed by atoms with Crippen molar-refractivity contribution in [1.82, 2.24) is 0 Å². The van der Waals surface area contributed by atoms with E-state index in [2.05, 4.69) is 11.4 Å². The van der Waals surface area contributed by atoms with Crippen molar-refractivity contribution in [1.29, 1.82) is 5.26 Å². The lowest BCUT2D eigenvalue weighted by molar-refractivity contribution is -0.111. The molecule has 0 radical (unpaired) electrons. The van der Waals surface area contributed by atoms with E-state index < -0.39 is 0 Å². The Balaban J connectivity index is 1.80. The highest BCUT2D eigenvalue weighted by molar-refractivity contribution is 7.16. The minimum Gasteiger partial charge on any atom is -0.495 e. The van der Waals surface area contributed by atoms with E-state index in [4.69, 9.17) is 27.9 Å². The number of thiophene rings is 1. The van der Waals surface area contributed by atoms with Gasteiger partial charge in [-0.3, -0.25) is 4.79 Å². The lowest BCUT2D eigenvalue weighted by atomic mass is 10.1. The number of benzene rings is 1. The topological polar surface area (TPSA) is 62.1 Å². The molecule has 0 fully saturated rings. The molecule has 3 rings (SSSR count). The molecule has 1 amide bonds. The standard InChI is InChI=1S/C18H14Cl2N2O2S/c1-24-17-10(7-11(19)8-14(17)20)5-6-16(23)22-18-13(9-21)12-3-2-4-15(12)25-18/h5-8H,2-4H2,1H3,(H,22,23)/b6-5+. The first kappa shape index (κ1) is 17.8. The van der Waals surface area contributed by atoms with Crippen LogP contribution in [-0.2, 0) is 17.6 Å². The fraction of sp³-hybridized carbons (Fsp3) is 0.222. The van der Waals surface area contributed by atoms with E-state index in [1.54, 1.807) is 18.2 Å². The average Bonchev–Trinajstić information content (AvgIpc) is 3.13. The summed E-state index contributed by atoms with van der Waals surface area (Å²) in [7, 11) is 1.50. The number of rotatable bonds is 4. The van der Waals surface area contributed by atoms with Gasteiger partial charge in [-0.25, -0.2) is 0 Å². The minimum absolute atomic E-state index is 0.324. The molecule has 0 bridgehead atoms. The van der Waals surface area contributed by atoms with Crippen LogP contribution in [0.4, 0.5) is 5.00 Å². The normalized spacial score (nSPS) is 12.9. The molecule has 1 heterocycles. The van der Waals surface area contributed by atoms with Crippen LogP contribution in [0.3, 0.4) is 0 Å². The maximum absolute atomic E-state index is 12.2. The summed E-state index contributed by atoms with van der Waals surface area (Å²) in [5.41, 5.74) is 2.27. The molecule has 0 saturated carbocycles. The molecule has 0 atom stereocenters. The molecule has 1 aromatic carbocycles. The zero-order valence-corrected chi connectivity index (χ0v) is 15.7. The predicted molar refractivity (Wildman–Crippen MR) is 102 cm³/mol. The number of carbonyl (C=O) groups excluding carboxylic acids is 1. The third kappa shape index (κ3) is 3.67. The lowest BCUT2D eigenvalue weighted by Crippen LogP contribution is -2.07. The number of halogens is 2. The third-order valence-electron chi connectivity index (χ3n) is 3.93. The Morgan fingerprint density at radius 1 is 1.40 bits per heavy atom. The number of methoxy groups -OCH3 is 1. The Kier molecular flexibility index (Phi) is 5.33. The van der Waals surface area contributed by atoms with E-state index in [0.29, 0.717) is 31.9 Å². The number of nitrogens with zero attached hydrogens (tertiary/aromatic N) is 1. The van der Waals surface area contributed by atoms with Crippen molar-refractivity contribution in [3.63, 3.8) is 0 Å². The summed E-state index contributed by atoms with van der Waals surface area (Å²) in [5.74, 6) is 0.123. The number of hydrogen-bond acceptors (Lipinski definition) is 4. The van der Waals surface area contributed by atoms with Gasteiger partial charge in [-0.05, 0) is 43.0 Å². The molecule has 0 aliphatic heterocycles. The van der Waals surface area contributed by atoms with Crippen molar-refractivity contribution in [2.24, 2.45) is 0 Å². The molecule has 0 unspecified atom stereocenters. The number of aryl methyl sites for hydroxylation is 1. The van der Waals surface area contributed by atoms with Crippen LogP contribution in [0, 0.1) is 11.3 Å². The van der Waals surface area contributed by atoms with E-state index >= 15 is 0 Å². The predicted octanol–water partition coefficient (Wildman–Crippen LogP) is 5.08. The summed E-state index contributed by atoms with van der Waals surface area (Å²) >= 11 is 13.6. The number of nitriles is 1. The van der Waals surface area contributed by atoms with Crippen molar-refractivity contribution in [3.8, 4) is 11.8 Å². The van der Waals surface area contributed by atoms with Gasteiger partial charge in [0.1, 0.15) is 16.8 Å². The number of amides is 1. The highest BCUT2D eigenvalue weighted by Crippen LogP contribution is 2.38.